The summed E-state index contributed by atoms with van der Waals surface area (Å²) < 4.78 is 5.12. The Morgan fingerprint density at radius 1 is 1.56 bits per heavy atom. The molecule has 2 rings (SSSR count). The SMILES string of the molecule is COC(C)CNC(=O)c1cccc2c1CCCN2. The minimum Gasteiger partial charge on any atom is -0.385 e. The predicted molar refractivity (Wildman–Crippen MR) is 72.1 cm³/mol. The predicted octanol–water partition coefficient (Wildman–Crippen LogP) is 1.81. The molecule has 4 heteroatoms. The van der Waals surface area contributed by atoms with Crippen molar-refractivity contribution >= 4 is 11.6 Å². The Morgan fingerprint density at radius 2 is 2.39 bits per heavy atom. The number of carbonyl (C=O) groups excluding carboxylic acids is 1. The van der Waals surface area contributed by atoms with Crippen LogP contribution in [0, 0.1) is 0 Å². The lowest BCUT2D eigenvalue weighted by Gasteiger charge is -2.21. The Hall–Kier alpha value is -1.55. The van der Waals surface area contributed by atoms with Crippen molar-refractivity contribution in [2.75, 3.05) is 25.5 Å². The van der Waals surface area contributed by atoms with Crippen molar-refractivity contribution in [3.63, 3.8) is 0 Å². The fraction of sp³-hybridized carbons (Fsp3) is 0.500. The molecule has 0 aromatic heterocycles. The summed E-state index contributed by atoms with van der Waals surface area (Å²) in [6, 6.07) is 5.84. The molecule has 0 bridgehead atoms. The number of benzene rings is 1. The molecular weight excluding hydrogens is 228 g/mol. The normalized spacial score (nSPS) is 15.4. The van der Waals surface area contributed by atoms with Gasteiger partial charge in [-0.05, 0) is 37.5 Å². The first-order valence-electron chi connectivity index (χ1n) is 6.39. The van der Waals surface area contributed by atoms with Gasteiger partial charge in [-0.15, -0.1) is 0 Å². The molecule has 1 heterocycles. The lowest BCUT2D eigenvalue weighted by atomic mass is 9.97. The second-order valence-electron chi connectivity index (χ2n) is 4.62. The smallest absolute Gasteiger partial charge is 0.251 e. The van der Waals surface area contributed by atoms with E-state index in [0.29, 0.717) is 6.54 Å². The molecule has 18 heavy (non-hydrogen) atoms. The van der Waals surface area contributed by atoms with Crippen LogP contribution in [0.15, 0.2) is 18.2 Å². The number of nitrogens with one attached hydrogen (secondary N) is 2. The Balaban J connectivity index is 2.10. The lowest BCUT2D eigenvalue weighted by molar-refractivity contribution is 0.0869. The van der Waals surface area contributed by atoms with E-state index in [-0.39, 0.29) is 12.0 Å². The van der Waals surface area contributed by atoms with E-state index in [2.05, 4.69) is 10.6 Å². The van der Waals surface area contributed by atoms with Crippen molar-refractivity contribution in [2.45, 2.75) is 25.9 Å². The third-order valence-corrected chi connectivity index (χ3v) is 3.29. The van der Waals surface area contributed by atoms with Gasteiger partial charge >= 0.3 is 0 Å². The molecule has 0 spiro atoms. The number of fused-ring (bicyclic) bond motifs is 1. The zero-order valence-electron chi connectivity index (χ0n) is 11.0. The van der Waals surface area contributed by atoms with Gasteiger partial charge in [0.15, 0.2) is 0 Å². The van der Waals surface area contributed by atoms with Crippen molar-refractivity contribution in [2.24, 2.45) is 0 Å². The largest absolute Gasteiger partial charge is 0.385 e. The van der Waals surface area contributed by atoms with E-state index < -0.39 is 0 Å². The van der Waals surface area contributed by atoms with Gasteiger partial charge in [0.25, 0.3) is 5.91 Å². The maximum atomic E-state index is 12.1. The van der Waals surface area contributed by atoms with Crippen LogP contribution in [-0.2, 0) is 11.2 Å². The van der Waals surface area contributed by atoms with Crippen LogP contribution in [0.1, 0.15) is 29.3 Å². The van der Waals surface area contributed by atoms with Crippen molar-refractivity contribution in [1.29, 1.82) is 0 Å². The van der Waals surface area contributed by atoms with E-state index >= 15 is 0 Å². The third-order valence-electron chi connectivity index (χ3n) is 3.29. The highest BCUT2D eigenvalue weighted by atomic mass is 16.5. The molecule has 1 aromatic rings. The molecule has 1 aliphatic rings. The van der Waals surface area contributed by atoms with Crippen LogP contribution in [-0.4, -0.2) is 32.2 Å². The molecule has 0 radical (unpaired) electrons. The third kappa shape index (κ3) is 2.82. The molecule has 0 fully saturated rings. The minimum atomic E-state index is -0.0144. The summed E-state index contributed by atoms with van der Waals surface area (Å²) >= 11 is 0. The van der Waals surface area contributed by atoms with Gasteiger partial charge in [0, 0.05) is 31.5 Å². The first-order valence-corrected chi connectivity index (χ1v) is 6.39. The maximum Gasteiger partial charge on any atom is 0.251 e. The van der Waals surface area contributed by atoms with Crippen LogP contribution in [0.5, 0.6) is 0 Å². The van der Waals surface area contributed by atoms with Gasteiger partial charge < -0.3 is 15.4 Å². The zero-order valence-corrected chi connectivity index (χ0v) is 11.0. The van der Waals surface area contributed by atoms with E-state index in [1.54, 1.807) is 7.11 Å². The zero-order chi connectivity index (χ0) is 13.0. The number of rotatable bonds is 4. The number of hydrogen-bond donors (Lipinski definition) is 2. The van der Waals surface area contributed by atoms with Crippen molar-refractivity contribution in [1.82, 2.24) is 5.32 Å². The van der Waals surface area contributed by atoms with E-state index in [9.17, 15) is 4.79 Å². The van der Waals surface area contributed by atoms with Crippen LogP contribution >= 0.6 is 0 Å². The molecule has 4 nitrogen and oxygen atoms in total. The number of ether oxygens (including phenoxy) is 1. The van der Waals surface area contributed by atoms with Crippen LogP contribution in [0.3, 0.4) is 0 Å². The van der Waals surface area contributed by atoms with Crippen LogP contribution in [0.2, 0.25) is 0 Å². The molecule has 0 saturated carbocycles. The number of anilines is 1. The summed E-state index contributed by atoms with van der Waals surface area (Å²) in [4.78, 5) is 12.1. The molecule has 1 amide bonds. The van der Waals surface area contributed by atoms with Gasteiger partial charge in [0.05, 0.1) is 6.10 Å². The minimum absolute atomic E-state index is 0.0144. The van der Waals surface area contributed by atoms with E-state index in [0.717, 1.165) is 36.2 Å². The summed E-state index contributed by atoms with van der Waals surface area (Å²) in [7, 11) is 1.64. The molecule has 1 atom stereocenters. The summed E-state index contributed by atoms with van der Waals surface area (Å²) in [6.45, 7) is 3.45. The maximum absolute atomic E-state index is 12.1. The monoisotopic (exact) mass is 248 g/mol. The van der Waals surface area contributed by atoms with E-state index in [1.165, 1.54) is 0 Å². The second kappa shape index (κ2) is 5.87. The topological polar surface area (TPSA) is 50.4 Å². The Morgan fingerprint density at radius 3 is 3.17 bits per heavy atom. The molecule has 1 aliphatic heterocycles. The standard InChI is InChI=1S/C14H20N2O2/c1-10(18-2)9-16-14(17)12-5-3-7-13-11(12)6-4-8-15-13/h3,5,7,10,15H,4,6,8-9H2,1-2H3,(H,16,17). The average molecular weight is 248 g/mol. The van der Waals surface area contributed by atoms with Crippen molar-refractivity contribution < 1.29 is 9.53 Å². The van der Waals surface area contributed by atoms with Crippen molar-refractivity contribution in [3.05, 3.63) is 29.3 Å². The Kier molecular flexibility index (Phi) is 4.20. The van der Waals surface area contributed by atoms with Crippen molar-refractivity contribution in [3.8, 4) is 0 Å². The molecule has 1 aromatic carbocycles. The molecular formula is C14H20N2O2. The highest BCUT2D eigenvalue weighted by molar-refractivity contribution is 5.97. The van der Waals surface area contributed by atoms with Gasteiger partial charge in [-0.2, -0.15) is 0 Å². The molecule has 0 aliphatic carbocycles. The fourth-order valence-corrected chi connectivity index (χ4v) is 2.14. The molecule has 98 valence electrons. The first-order chi connectivity index (χ1) is 8.72. The highest BCUT2D eigenvalue weighted by Crippen LogP contribution is 2.25. The molecule has 2 N–H and O–H groups in total. The van der Waals surface area contributed by atoms with Crippen LogP contribution in [0.4, 0.5) is 5.69 Å². The van der Waals surface area contributed by atoms with Gasteiger partial charge in [-0.1, -0.05) is 6.07 Å². The molecule has 0 saturated heterocycles. The second-order valence-corrected chi connectivity index (χ2v) is 4.62. The first kappa shape index (κ1) is 12.9. The van der Waals surface area contributed by atoms with Gasteiger partial charge in [-0.25, -0.2) is 0 Å². The van der Waals surface area contributed by atoms with Crippen LogP contribution in [0.25, 0.3) is 0 Å². The summed E-state index contributed by atoms with van der Waals surface area (Å²) in [6.07, 6.45) is 2.07. The van der Waals surface area contributed by atoms with E-state index in [1.807, 2.05) is 25.1 Å². The van der Waals surface area contributed by atoms with E-state index in [4.69, 9.17) is 4.74 Å². The Labute approximate surface area is 108 Å². The van der Waals surface area contributed by atoms with Gasteiger partial charge in [-0.3, -0.25) is 4.79 Å². The van der Waals surface area contributed by atoms with Crippen LogP contribution < -0.4 is 10.6 Å². The fourth-order valence-electron chi connectivity index (χ4n) is 2.14. The Bertz CT molecular complexity index is 432. The molecule has 1 unspecified atom stereocenters. The quantitative estimate of drug-likeness (QED) is 0.854. The van der Waals surface area contributed by atoms with Gasteiger partial charge in [0.1, 0.15) is 0 Å². The number of methoxy groups -OCH3 is 1. The van der Waals surface area contributed by atoms with Gasteiger partial charge in [0.2, 0.25) is 0 Å². The number of carbonyl (C=O) groups is 1. The number of hydrogen-bond acceptors (Lipinski definition) is 3. The summed E-state index contributed by atoms with van der Waals surface area (Å²) in [5.74, 6) is -0.0144. The summed E-state index contributed by atoms with van der Waals surface area (Å²) in [5, 5.41) is 6.24. The number of amides is 1. The lowest BCUT2D eigenvalue weighted by Crippen LogP contribution is -2.32. The summed E-state index contributed by atoms with van der Waals surface area (Å²) in [5.41, 5.74) is 3.00. The average Bonchev–Trinajstić information content (AvgIpc) is 2.43. The highest BCUT2D eigenvalue weighted by Gasteiger charge is 2.17.